The second-order valence-electron chi connectivity index (χ2n) is 5.78. The molecular weight excluding hydrogens is 322 g/mol. The Morgan fingerprint density at radius 2 is 2.04 bits per heavy atom. The number of carbonyl (C=O) groups is 2. The first-order valence-electron chi connectivity index (χ1n) is 7.99. The minimum Gasteiger partial charge on any atom is -0.497 e. The van der Waals surface area contributed by atoms with Crippen molar-refractivity contribution < 1.29 is 24.2 Å². The van der Waals surface area contributed by atoms with Crippen LogP contribution in [0, 0.1) is 0 Å². The second kappa shape index (κ2) is 7.25. The van der Waals surface area contributed by atoms with Crippen LogP contribution >= 0.6 is 0 Å². The molecule has 130 valence electrons. The van der Waals surface area contributed by atoms with Crippen LogP contribution in [0.25, 0.3) is 0 Å². The van der Waals surface area contributed by atoms with Crippen LogP contribution in [0.2, 0.25) is 0 Å². The van der Waals surface area contributed by atoms with Crippen LogP contribution in [0.4, 0.5) is 0 Å². The minimum absolute atomic E-state index is 0.328. The molecule has 1 aliphatic rings. The van der Waals surface area contributed by atoms with Crippen molar-refractivity contribution >= 4 is 11.9 Å². The molecule has 1 aliphatic heterocycles. The van der Waals surface area contributed by atoms with Gasteiger partial charge in [0.1, 0.15) is 11.5 Å². The van der Waals surface area contributed by atoms with Crippen LogP contribution in [0.5, 0.6) is 11.5 Å². The average Bonchev–Trinajstić information content (AvgIpc) is 2.65. The maximum absolute atomic E-state index is 12.7. The zero-order valence-electron chi connectivity index (χ0n) is 13.8. The summed E-state index contributed by atoms with van der Waals surface area (Å²) in [4.78, 5) is 24.4. The van der Waals surface area contributed by atoms with Crippen LogP contribution in [-0.4, -0.2) is 30.7 Å². The van der Waals surface area contributed by atoms with E-state index in [4.69, 9.17) is 9.47 Å². The molecule has 2 aromatic carbocycles. The van der Waals surface area contributed by atoms with Gasteiger partial charge >= 0.3 is 5.97 Å². The lowest BCUT2D eigenvalue weighted by molar-refractivity contribution is -0.142. The number of methoxy groups -OCH3 is 1. The SMILES string of the molecule is COc1cccc(C(NC(=O)C2CCOc3ccccc32)C(=O)O)c1. The van der Waals surface area contributed by atoms with Crippen molar-refractivity contribution in [2.45, 2.75) is 18.4 Å². The maximum Gasteiger partial charge on any atom is 0.330 e. The molecule has 6 heteroatoms. The summed E-state index contributed by atoms with van der Waals surface area (Å²) in [5.41, 5.74) is 1.24. The Hall–Kier alpha value is -3.02. The number of rotatable bonds is 5. The summed E-state index contributed by atoms with van der Waals surface area (Å²) >= 11 is 0. The number of hydrogen-bond acceptors (Lipinski definition) is 4. The first-order chi connectivity index (χ1) is 12.1. The summed E-state index contributed by atoms with van der Waals surface area (Å²) < 4.78 is 10.7. The highest BCUT2D eigenvalue weighted by atomic mass is 16.5. The van der Waals surface area contributed by atoms with Gasteiger partial charge in [-0.1, -0.05) is 30.3 Å². The average molecular weight is 341 g/mol. The first-order valence-corrected chi connectivity index (χ1v) is 7.99. The highest BCUT2D eigenvalue weighted by molar-refractivity contribution is 5.89. The molecule has 25 heavy (non-hydrogen) atoms. The molecule has 3 rings (SSSR count). The van der Waals surface area contributed by atoms with E-state index < -0.39 is 17.9 Å². The van der Waals surface area contributed by atoms with Gasteiger partial charge in [-0.15, -0.1) is 0 Å². The molecule has 0 saturated heterocycles. The normalized spacial score (nSPS) is 16.9. The van der Waals surface area contributed by atoms with Gasteiger partial charge in [-0.25, -0.2) is 4.79 Å². The Kier molecular flexibility index (Phi) is 4.88. The quantitative estimate of drug-likeness (QED) is 0.873. The fraction of sp³-hybridized carbons (Fsp3) is 0.263. The Balaban J connectivity index is 1.84. The summed E-state index contributed by atoms with van der Waals surface area (Å²) in [6, 6.07) is 12.9. The predicted molar refractivity (Wildman–Crippen MR) is 90.8 cm³/mol. The van der Waals surface area contributed by atoms with Crippen LogP contribution in [0.1, 0.15) is 29.5 Å². The lowest BCUT2D eigenvalue weighted by Gasteiger charge is -2.26. The number of hydrogen-bond donors (Lipinski definition) is 2. The molecule has 2 aromatic rings. The Morgan fingerprint density at radius 1 is 1.24 bits per heavy atom. The Labute approximate surface area is 145 Å². The third-order valence-corrected chi connectivity index (χ3v) is 4.24. The van der Waals surface area contributed by atoms with Gasteiger partial charge in [0, 0.05) is 5.56 Å². The summed E-state index contributed by atoms with van der Waals surface area (Å²) in [7, 11) is 1.51. The third kappa shape index (κ3) is 3.57. The van der Waals surface area contributed by atoms with Crippen molar-refractivity contribution in [2.24, 2.45) is 0 Å². The number of nitrogens with one attached hydrogen (secondary N) is 1. The van der Waals surface area contributed by atoms with Gasteiger partial charge < -0.3 is 19.9 Å². The fourth-order valence-corrected chi connectivity index (χ4v) is 2.97. The summed E-state index contributed by atoms with van der Waals surface area (Å²) in [5.74, 6) is -0.679. The molecule has 0 aliphatic carbocycles. The predicted octanol–water partition coefficient (Wildman–Crippen LogP) is 2.50. The van der Waals surface area contributed by atoms with Crippen LogP contribution < -0.4 is 14.8 Å². The van der Waals surface area contributed by atoms with E-state index in [0.29, 0.717) is 30.1 Å². The maximum atomic E-state index is 12.7. The zero-order chi connectivity index (χ0) is 17.8. The summed E-state index contributed by atoms with van der Waals surface area (Å²) in [5, 5.41) is 12.2. The smallest absolute Gasteiger partial charge is 0.330 e. The van der Waals surface area contributed by atoms with Crippen LogP contribution in [0.3, 0.4) is 0 Å². The van der Waals surface area contributed by atoms with Gasteiger partial charge in [0.05, 0.1) is 19.6 Å². The zero-order valence-corrected chi connectivity index (χ0v) is 13.8. The minimum atomic E-state index is -1.14. The molecule has 0 aromatic heterocycles. The number of ether oxygens (including phenoxy) is 2. The molecule has 0 spiro atoms. The highest BCUT2D eigenvalue weighted by Gasteiger charge is 2.31. The second-order valence-corrected chi connectivity index (χ2v) is 5.78. The van der Waals surface area contributed by atoms with Gasteiger partial charge in [-0.3, -0.25) is 4.79 Å². The van der Waals surface area contributed by atoms with E-state index in [1.165, 1.54) is 7.11 Å². The molecule has 1 amide bonds. The lowest BCUT2D eigenvalue weighted by atomic mass is 9.91. The third-order valence-electron chi connectivity index (χ3n) is 4.24. The number of aliphatic carboxylic acids is 1. The van der Waals surface area contributed by atoms with Gasteiger partial charge in [0.15, 0.2) is 6.04 Å². The number of carbonyl (C=O) groups excluding carboxylic acids is 1. The van der Waals surface area contributed by atoms with Gasteiger partial charge in [-0.05, 0) is 30.2 Å². The molecule has 1 heterocycles. The van der Waals surface area contributed by atoms with Crippen LogP contribution in [-0.2, 0) is 9.59 Å². The van der Waals surface area contributed by atoms with E-state index in [-0.39, 0.29) is 5.91 Å². The fourth-order valence-electron chi connectivity index (χ4n) is 2.97. The summed E-state index contributed by atoms with van der Waals surface area (Å²) in [6.45, 7) is 0.423. The Bertz CT molecular complexity index is 789. The number of benzene rings is 2. The molecule has 0 fully saturated rings. The van der Waals surface area contributed by atoms with E-state index >= 15 is 0 Å². The lowest BCUT2D eigenvalue weighted by Crippen LogP contribution is -2.38. The topological polar surface area (TPSA) is 84.9 Å². The molecule has 0 bridgehead atoms. The first kappa shape index (κ1) is 16.8. The van der Waals surface area contributed by atoms with Crippen molar-refractivity contribution in [2.75, 3.05) is 13.7 Å². The number of para-hydroxylation sites is 1. The van der Waals surface area contributed by atoms with E-state index in [0.717, 1.165) is 5.56 Å². The van der Waals surface area contributed by atoms with Gasteiger partial charge in [0.2, 0.25) is 5.91 Å². The van der Waals surface area contributed by atoms with Crippen molar-refractivity contribution in [3.05, 3.63) is 59.7 Å². The van der Waals surface area contributed by atoms with E-state index in [1.54, 1.807) is 24.3 Å². The number of carboxylic acid groups (broad SMARTS) is 1. The van der Waals surface area contributed by atoms with Crippen molar-refractivity contribution in [1.82, 2.24) is 5.32 Å². The van der Waals surface area contributed by atoms with Crippen molar-refractivity contribution in [3.63, 3.8) is 0 Å². The Morgan fingerprint density at radius 3 is 2.80 bits per heavy atom. The van der Waals surface area contributed by atoms with Gasteiger partial charge in [-0.2, -0.15) is 0 Å². The largest absolute Gasteiger partial charge is 0.497 e. The highest BCUT2D eigenvalue weighted by Crippen LogP contribution is 2.34. The molecule has 0 radical (unpaired) electrons. The molecular formula is C19H19NO5. The van der Waals surface area contributed by atoms with E-state index in [9.17, 15) is 14.7 Å². The summed E-state index contributed by atoms with van der Waals surface area (Å²) in [6.07, 6.45) is 0.507. The van der Waals surface area contributed by atoms with Crippen LogP contribution in [0.15, 0.2) is 48.5 Å². The molecule has 2 unspecified atom stereocenters. The monoisotopic (exact) mass is 341 g/mol. The molecule has 0 saturated carbocycles. The molecule has 6 nitrogen and oxygen atoms in total. The van der Waals surface area contributed by atoms with E-state index in [1.807, 2.05) is 24.3 Å². The number of carboxylic acids is 1. The van der Waals surface area contributed by atoms with E-state index in [2.05, 4.69) is 5.32 Å². The number of amides is 1. The number of fused-ring (bicyclic) bond motifs is 1. The van der Waals surface area contributed by atoms with Crippen molar-refractivity contribution in [1.29, 1.82) is 0 Å². The van der Waals surface area contributed by atoms with Crippen molar-refractivity contribution in [3.8, 4) is 11.5 Å². The molecule has 2 atom stereocenters. The van der Waals surface area contributed by atoms with Gasteiger partial charge in [0.25, 0.3) is 0 Å². The standard InChI is InChI=1S/C19H19NO5/c1-24-13-6-4-5-12(11-13)17(19(22)23)20-18(21)15-9-10-25-16-8-3-2-7-14(15)16/h2-8,11,15,17H,9-10H2,1H3,(H,20,21)(H,22,23). The molecule has 2 N–H and O–H groups in total.